The van der Waals surface area contributed by atoms with E-state index in [4.69, 9.17) is 9.26 Å². The van der Waals surface area contributed by atoms with Crippen molar-refractivity contribution in [1.82, 2.24) is 19.3 Å². The number of aromatic nitrogens is 2. The normalized spacial score (nSPS) is 15.8. The van der Waals surface area contributed by atoms with Crippen LogP contribution in [0.5, 0.6) is 0 Å². The summed E-state index contributed by atoms with van der Waals surface area (Å²) in [6, 6.07) is 13.3. The number of hydrogen-bond acceptors (Lipinski definition) is 9. The van der Waals surface area contributed by atoms with Gasteiger partial charge in [-0.1, -0.05) is 5.16 Å². The summed E-state index contributed by atoms with van der Waals surface area (Å²) >= 11 is 0. The van der Waals surface area contributed by atoms with Gasteiger partial charge in [-0.25, -0.2) is 13.2 Å². The maximum atomic E-state index is 12.9. The Bertz CT molecular complexity index is 1390. The van der Waals surface area contributed by atoms with Gasteiger partial charge in [-0.15, -0.1) is 0 Å². The van der Waals surface area contributed by atoms with Crippen LogP contribution in [0.15, 0.2) is 57.9 Å². The first-order valence-electron chi connectivity index (χ1n) is 11.9. The molecule has 1 N–H and O–H groups in total. The van der Waals surface area contributed by atoms with Crippen molar-refractivity contribution >= 4 is 33.4 Å². The second-order valence-electron chi connectivity index (χ2n) is 9.09. The van der Waals surface area contributed by atoms with Crippen LogP contribution >= 0.6 is 0 Å². The number of ether oxygens (including phenoxy) is 1. The average molecular weight is 543 g/mol. The van der Waals surface area contributed by atoms with Gasteiger partial charge < -0.3 is 19.5 Å². The van der Waals surface area contributed by atoms with Gasteiger partial charge >= 0.3 is 6.09 Å². The number of sulfonamides is 1. The van der Waals surface area contributed by atoms with Crippen molar-refractivity contribution in [3.8, 4) is 11.4 Å². The Hall–Kier alpha value is -3.81. The first kappa shape index (κ1) is 27.2. The molecule has 0 saturated carbocycles. The van der Waals surface area contributed by atoms with E-state index in [9.17, 15) is 18.0 Å². The lowest BCUT2D eigenvalue weighted by Crippen LogP contribution is -2.38. The predicted molar refractivity (Wildman–Crippen MR) is 140 cm³/mol. The third kappa shape index (κ3) is 6.36. The van der Waals surface area contributed by atoms with Crippen LogP contribution in [0.25, 0.3) is 11.4 Å². The first-order chi connectivity index (χ1) is 18.0. The van der Waals surface area contributed by atoms with Crippen LogP contribution in [0.4, 0.5) is 16.2 Å². The molecule has 12 nitrogen and oxygen atoms in total. The highest BCUT2D eigenvalue weighted by atomic mass is 32.2. The van der Waals surface area contributed by atoms with Crippen LogP contribution < -0.4 is 10.2 Å². The van der Waals surface area contributed by atoms with E-state index in [0.717, 1.165) is 5.56 Å². The Morgan fingerprint density at radius 1 is 1.11 bits per heavy atom. The molecule has 0 radical (unpaired) electrons. The molecule has 1 aromatic heterocycles. The standard InChI is InChI=1S/C25H30N6O6S/c1-17(32)26-20-7-11-23(12-8-20)38(34,35)30(4)14-13-29(3)15-22-16-31(25(33)36-22)21-9-5-19(6-10-21)24-27-18(2)37-28-24/h5-12,22H,13-16H2,1-4H3,(H,26,32). The number of likely N-dealkylation sites (N-methyl/N-ethyl adjacent to an activating group) is 2. The fourth-order valence-corrected chi connectivity index (χ4v) is 5.16. The van der Waals surface area contributed by atoms with E-state index in [-0.39, 0.29) is 23.5 Å². The molecule has 0 spiro atoms. The van der Waals surface area contributed by atoms with E-state index in [2.05, 4.69) is 15.5 Å². The lowest BCUT2D eigenvalue weighted by molar-refractivity contribution is -0.114. The van der Waals surface area contributed by atoms with Crippen molar-refractivity contribution in [2.75, 3.05) is 50.5 Å². The summed E-state index contributed by atoms with van der Waals surface area (Å²) in [7, 11) is -0.334. The molecule has 1 unspecified atom stereocenters. The number of rotatable bonds is 10. The summed E-state index contributed by atoms with van der Waals surface area (Å²) in [6.07, 6.45) is -0.802. The summed E-state index contributed by atoms with van der Waals surface area (Å²) in [5, 5.41) is 6.51. The van der Waals surface area contributed by atoms with Crippen molar-refractivity contribution in [2.24, 2.45) is 0 Å². The molecule has 4 rings (SSSR count). The number of carbonyl (C=O) groups excluding carboxylic acids is 2. The fraction of sp³-hybridized carbons (Fsp3) is 0.360. The molecule has 1 saturated heterocycles. The molecule has 2 aromatic carbocycles. The highest BCUT2D eigenvalue weighted by Gasteiger charge is 2.33. The molecule has 2 heterocycles. The van der Waals surface area contributed by atoms with Crippen LogP contribution in [-0.2, 0) is 19.6 Å². The molecule has 1 atom stereocenters. The zero-order valence-electron chi connectivity index (χ0n) is 21.6. The number of cyclic esters (lactones) is 1. The molecule has 2 amide bonds. The van der Waals surface area contributed by atoms with E-state index in [1.165, 1.54) is 30.4 Å². The maximum absolute atomic E-state index is 12.9. The highest BCUT2D eigenvalue weighted by molar-refractivity contribution is 7.89. The zero-order valence-corrected chi connectivity index (χ0v) is 22.4. The Morgan fingerprint density at radius 2 is 1.79 bits per heavy atom. The van der Waals surface area contributed by atoms with Gasteiger partial charge in [-0.05, 0) is 55.6 Å². The minimum Gasteiger partial charge on any atom is -0.443 e. The predicted octanol–water partition coefficient (Wildman–Crippen LogP) is 2.58. The smallest absolute Gasteiger partial charge is 0.414 e. The number of aryl methyl sites for hydroxylation is 1. The lowest BCUT2D eigenvalue weighted by atomic mass is 10.2. The van der Waals surface area contributed by atoms with Gasteiger partial charge in [0.1, 0.15) is 6.10 Å². The van der Waals surface area contributed by atoms with Crippen molar-refractivity contribution in [3.63, 3.8) is 0 Å². The van der Waals surface area contributed by atoms with Gasteiger partial charge in [0.15, 0.2) is 0 Å². The van der Waals surface area contributed by atoms with Crippen molar-refractivity contribution in [1.29, 1.82) is 0 Å². The highest BCUT2D eigenvalue weighted by Crippen LogP contribution is 2.25. The van der Waals surface area contributed by atoms with E-state index >= 15 is 0 Å². The monoisotopic (exact) mass is 542 g/mol. The number of anilines is 2. The van der Waals surface area contributed by atoms with E-state index < -0.39 is 16.1 Å². The quantitative estimate of drug-likeness (QED) is 0.410. The Balaban J connectivity index is 1.28. The molecule has 0 bridgehead atoms. The van der Waals surface area contributed by atoms with Crippen LogP contribution in [-0.4, -0.2) is 86.1 Å². The summed E-state index contributed by atoms with van der Waals surface area (Å²) in [5.41, 5.74) is 1.99. The number of amides is 2. The Kier molecular flexibility index (Phi) is 8.09. The average Bonchev–Trinajstić information content (AvgIpc) is 3.47. The summed E-state index contributed by atoms with van der Waals surface area (Å²) in [6.45, 7) is 4.60. The van der Waals surface area contributed by atoms with Gasteiger partial charge in [0.2, 0.25) is 27.6 Å². The van der Waals surface area contributed by atoms with Gasteiger partial charge in [0.05, 0.1) is 11.4 Å². The third-order valence-corrected chi connectivity index (χ3v) is 7.90. The van der Waals surface area contributed by atoms with E-state index in [1.807, 2.05) is 24.1 Å². The third-order valence-electron chi connectivity index (χ3n) is 6.03. The molecular weight excluding hydrogens is 512 g/mol. The second kappa shape index (κ2) is 11.3. The molecule has 202 valence electrons. The van der Waals surface area contributed by atoms with Crippen LogP contribution in [0.3, 0.4) is 0 Å². The van der Waals surface area contributed by atoms with Crippen molar-refractivity contribution in [2.45, 2.75) is 24.8 Å². The minimum absolute atomic E-state index is 0.137. The molecular formula is C25H30N6O6S. The molecule has 13 heteroatoms. The number of hydrogen-bond donors (Lipinski definition) is 1. The maximum Gasteiger partial charge on any atom is 0.414 e. The van der Waals surface area contributed by atoms with Crippen LogP contribution in [0, 0.1) is 6.92 Å². The first-order valence-corrected chi connectivity index (χ1v) is 13.4. The summed E-state index contributed by atoms with van der Waals surface area (Å²) in [5.74, 6) is 0.720. The number of nitrogens with zero attached hydrogens (tertiary/aromatic N) is 5. The molecule has 38 heavy (non-hydrogen) atoms. The number of carbonyl (C=O) groups is 2. The Labute approximate surface area is 221 Å². The molecule has 1 fully saturated rings. The van der Waals surface area contributed by atoms with Gasteiger partial charge in [-0.3, -0.25) is 9.69 Å². The van der Waals surface area contributed by atoms with Crippen molar-refractivity contribution in [3.05, 3.63) is 54.4 Å². The zero-order chi connectivity index (χ0) is 27.4. The van der Waals surface area contributed by atoms with Gasteiger partial charge in [-0.2, -0.15) is 9.29 Å². The van der Waals surface area contributed by atoms with E-state index in [1.54, 1.807) is 36.1 Å². The van der Waals surface area contributed by atoms with Gasteiger partial charge in [0, 0.05) is 57.5 Å². The minimum atomic E-state index is -3.70. The van der Waals surface area contributed by atoms with Crippen LogP contribution in [0.2, 0.25) is 0 Å². The Morgan fingerprint density at radius 3 is 2.39 bits per heavy atom. The van der Waals surface area contributed by atoms with E-state index in [0.29, 0.717) is 42.7 Å². The van der Waals surface area contributed by atoms with Crippen molar-refractivity contribution < 1.29 is 27.3 Å². The molecule has 1 aliphatic rings. The lowest BCUT2D eigenvalue weighted by Gasteiger charge is -2.23. The topological polar surface area (TPSA) is 138 Å². The molecule has 0 aliphatic carbocycles. The fourth-order valence-electron chi connectivity index (χ4n) is 4.00. The second-order valence-corrected chi connectivity index (χ2v) is 11.1. The largest absolute Gasteiger partial charge is 0.443 e. The number of nitrogens with one attached hydrogen (secondary N) is 1. The number of benzene rings is 2. The summed E-state index contributed by atoms with van der Waals surface area (Å²) < 4.78 is 37.7. The van der Waals surface area contributed by atoms with Crippen LogP contribution in [0.1, 0.15) is 12.8 Å². The van der Waals surface area contributed by atoms with Gasteiger partial charge in [0.25, 0.3) is 0 Å². The SMILES string of the molecule is CC(=O)Nc1ccc(S(=O)(=O)N(C)CCN(C)CC2CN(c3ccc(-c4noc(C)n4)cc3)C(=O)O2)cc1. The molecule has 3 aromatic rings. The summed E-state index contributed by atoms with van der Waals surface area (Å²) in [4.78, 5) is 31.5. The molecule has 1 aliphatic heterocycles.